The summed E-state index contributed by atoms with van der Waals surface area (Å²) in [5.41, 5.74) is 4.46. The van der Waals surface area contributed by atoms with Crippen LogP contribution in [0.25, 0.3) is 22.6 Å². The number of aryl methyl sites for hydroxylation is 1. The highest BCUT2D eigenvalue weighted by molar-refractivity contribution is 6.05. The average Bonchev–Trinajstić information content (AvgIpc) is 3.11. The number of benzene rings is 3. The van der Waals surface area contributed by atoms with Gasteiger partial charge in [-0.25, -0.2) is 4.98 Å². The summed E-state index contributed by atoms with van der Waals surface area (Å²) < 4.78 is 11.2. The van der Waals surface area contributed by atoms with E-state index < -0.39 is 0 Å². The third-order valence-electron chi connectivity index (χ3n) is 4.30. The van der Waals surface area contributed by atoms with Gasteiger partial charge in [0.1, 0.15) is 11.3 Å². The molecule has 0 aliphatic carbocycles. The van der Waals surface area contributed by atoms with Crippen molar-refractivity contribution in [1.82, 2.24) is 4.98 Å². The van der Waals surface area contributed by atoms with Gasteiger partial charge in [0, 0.05) is 11.3 Å². The number of nitrogens with zero attached hydrogens (tertiary/aromatic N) is 1. The Morgan fingerprint density at radius 1 is 1.04 bits per heavy atom. The Hall–Kier alpha value is -3.60. The van der Waals surface area contributed by atoms with Crippen LogP contribution in [0, 0.1) is 6.92 Å². The van der Waals surface area contributed by atoms with Crippen LogP contribution >= 0.6 is 0 Å². The number of nitrogens with one attached hydrogen (secondary N) is 1. The molecule has 0 fully saturated rings. The summed E-state index contributed by atoms with van der Waals surface area (Å²) in [5, 5.41) is 2.90. The van der Waals surface area contributed by atoms with Gasteiger partial charge in [0.05, 0.1) is 12.7 Å². The van der Waals surface area contributed by atoms with Crippen LogP contribution < -0.4 is 10.1 Å². The summed E-state index contributed by atoms with van der Waals surface area (Å²) in [7, 11) is 1.61. The zero-order valence-electron chi connectivity index (χ0n) is 15.0. The SMILES string of the molecule is COc1ccccc1-c1nc2cc(NC(=O)c3ccc(C)cc3)ccc2o1. The van der Waals surface area contributed by atoms with Gasteiger partial charge in [-0.1, -0.05) is 29.8 Å². The van der Waals surface area contributed by atoms with Crippen LogP contribution in [0.5, 0.6) is 5.75 Å². The Morgan fingerprint density at radius 3 is 2.59 bits per heavy atom. The molecule has 0 saturated carbocycles. The molecule has 0 aliphatic rings. The molecule has 1 aromatic heterocycles. The van der Waals surface area contributed by atoms with Crippen molar-refractivity contribution in [2.45, 2.75) is 6.92 Å². The first-order valence-corrected chi connectivity index (χ1v) is 8.56. The molecular formula is C22H18N2O3. The highest BCUT2D eigenvalue weighted by Crippen LogP contribution is 2.32. The predicted molar refractivity (Wildman–Crippen MR) is 105 cm³/mol. The summed E-state index contributed by atoms with van der Waals surface area (Å²) in [5.74, 6) is 1.00. The Kier molecular flexibility index (Phi) is 4.34. The molecule has 27 heavy (non-hydrogen) atoms. The van der Waals surface area contributed by atoms with Crippen molar-refractivity contribution < 1.29 is 13.9 Å². The van der Waals surface area contributed by atoms with Crippen LogP contribution in [0.15, 0.2) is 71.1 Å². The molecule has 0 unspecified atom stereocenters. The van der Waals surface area contributed by atoms with Crippen molar-refractivity contribution in [3.8, 4) is 17.2 Å². The van der Waals surface area contributed by atoms with E-state index in [9.17, 15) is 4.79 Å². The number of anilines is 1. The van der Waals surface area contributed by atoms with Crippen LogP contribution in [0.1, 0.15) is 15.9 Å². The quantitative estimate of drug-likeness (QED) is 0.553. The summed E-state index contributed by atoms with van der Waals surface area (Å²) in [6.45, 7) is 1.99. The molecule has 0 bridgehead atoms. The average molecular weight is 358 g/mol. The van der Waals surface area contributed by atoms with E-state index in [1.807, 2.05) is 43.3 Å². The summed E-state index contributed by atoms with van der Waals surface area (Å²) in [4.78, 5) is 16.9. The van der Waals surface area contributed by atoms with Crippen LogP contribution in [-0.4, -0.2) is 18.0 Å². The number of carbonyl (C=O) groups is 1. The molecule has 134 valence electrons. The van der Waals surface area contributed by atoms with Gasteiger partial charge in [-0.05, 0) is 49.4 Å². The van der Waals surface area contributed by atoms with E-state index in [1.165, 1.54) is 0 Å². The number of para-hydroxylation sites is 1. The number of methoxy groups -OCH3 is 1. The Morgan fingerprint density at radius 2 is 1.81 bits per heavy atom. The topological polar surface area (TPSA) is 64.4 Å². The maximum absolute atomic E-state index is 12.4. The Bertz CT molecular complexity index is 1110. The summed E-state index contributed by atoms with van der Waals surface area (Å²) in [6, 6.07) is 20.4. The lowest BCUT2D eigenvalue weighted by molar-refractivity contribution is 0.102. The molecule has 4 rings (SSSR count). The molecule has 1 amide bonds. The van der Waals surface area contributed by atoms with Gasteiger partial charge in [0.15, 0.2) is 5.58 Å². The van der Waals surface area contributed by atoms with Gasteiger partial charge in [-0.2, -0.15) is 0 Å². The van der Waals surface area contributed by atoms with Crippen LogP contribution in [0.3, 0.4) is 0 Å². The minimum atomic E-state index is -0.164. The number of fused-ring (bicyclic) bond motifs is 1. The fourth-order valence-electron chi connectivity index (χ4n) is 2.85. The molecule has 1 heterocycles. The second-order valence-electron chi connectivity index (χ2n) is 6.22. The van der Waals surface area contributed by atoms with Crippen molar-refractivity contribution in [2.75, 3.05) is 12.4 Å². The fraction of sp³-hybridized carbons (Fsp3) is 0.0909. The van der Waals surface area contributed by atoms with E-state index >= 15 is 0 Å². The van der Waals surface area contributed by atoms with Gasteiger partial charge in [-0.3, -0.25) is 4.79 Å². The standard InChI is InChI=1S/C22H18N2O3/c1-14-7-9-15(10-8-14)21(25)23-16-11-12-20-18(13-16)24-22(27-20)17-5-3-4-6-19(17)26-2/h3-13H,1-2H3,(H,23,25). The van der Waals surface area contributed by atoms with Crippen LogP contribution in [0.2, 0.25) is 0 Å². The highest BCUT2D eigenvalue weighted by Gasteiger charge is 2.13. The predicted octanol–water partition coefficient (Wildman–Crippen LogP) is 5.06. The number of oxazole rings is 1. The molecule has 3 aromatic carbocycles. The number of hydrogen-bond donors (Lipinski definition) is 1. The molecule has 0 aliphatic heterocycles. The number of ether oxygens (including phenoxy) is 1. The van der Waals surface area contributed by atoms with Gasteiger partial charge in [-0.15, -0.1) is 0 Å². The Balaban J connectivity index is 1.63. The lowest BCUT2D eigenvalue weighted by Gasteiger charge is -2.05. The van der Waals surface area contributed by atoms with Crippen molar-refractivity contribution in [1.29, 1.82) is 0 Å². The van der Waals surface area contributed by atoms with E-state index in [0.29, 0.717) is 34.0 Å². The molecule has 0 saturated heterocycles. The Labute approximate surface area is 156 Å². The van der Waals surface area contributed by atoms with Crippen molar-refractivity contribution in [2.24, 2.45) is 0 Å². The number of rotatable bonds is 4. The third-order valence-corrected chi connectivity index (χ3v) is 4.30. The lowest BCUT2D eigenvalue weighted by Crippen LogP contribution is -2.11. The van der Waals surface area contributed by atoms with E-state index in [4.69, 9.17) is 9.15 Å². The maximum Gasteiger partial charge on any atom is 0.255 e. The first kappa shape index (κ1) is 16.8. The summed E-state index contributed by atoms with van der Waals surface area (Å²) >= 11 is 0. The van der Waals surface area contributed by atoms with Crippen molar-refractivity contribution in [3.63, 3.8) is 0 Å². The second-order valence-corrected chi connectivity index (χ2v) is 6.22. The lowest BCUT2D eigenvalue weighted by atomic mass is 10.1. The molecule has 5 nitrogen and oxygen atoms in total. The minimum Gasteiger partial charge on any atom is -0.496 e. The van der Waals surface area contributed by atoms with E-state index in [1.54, 1.807) is 37.4 Å². The number of carbonyl (C=O) groups excluding carboxylic acids is 1. The van der Waals surface area contributed by atoms with E-state index in [-0.39, 0.29) is 5.91 Å². The molecule has 5 heteroatoms. The monoisotopic (exact) mass is 358 g/mol. The van der Waals surface area contributed by atoms with Crippen LogP contribution in [0.4, 0.5) is 5.69 Å². The molecule has 0 atom stereocenters. The zero-order chi connectivity index (χ0) is 18.8. The van der Waals surface area contributed by atoms with Crippen LogP contribution in [-0.2, 0) is 0 Å². The largest absolute Gasteiger partial charge is 0.496 e. The summed E-state index contributed by atoms with van der Waals surface area (Å²) in [6.07, 6.45) is 0. The van der Waals surface area contributed by atoms with Gasteiger partial charge in [0.2, 0.25) is 5.89 Å². The van der Waals surface area contributed by atoms with E-state index in [2.05, 4.69) is 10.3 Å². The minimum absolute atomic E-state index is 0.164. The molecular weight excluding hydrogens is 340 g/mol. The molecule has 4 aromatic rings. The zero-order valence-corrected chi connectivity index (χ0v) is 15.0. The highest BCUT2D eigenvalue weighted by atomic mass is 16.5. The van der Waals surface area contributed by atoms with Gasteiger partial charge < -0.3 is 14.5 Å². The normalized spacial score (nSPS) is 10.7. The van der Waals surface area contributed by atoms with Gasteiger partial charge in [0.25, 0.3) is 5.91 Å². The molecule has 1 N–H and O–H groups in total. The van der Waals surface area contributed by atoms with Crippen molar-refractivity contribution in [3.05, 3.63) is 77.9 Å². The first-order valence-electron chi connectivity index (χ1n) is 8.56. The number of hydrogen-bond acceptors (Lipinski definition) is 4. The smallest absolute Gasteiger partial charge is 0.255 e. The molecule has 0 radical (unpaired) electrons. The van der Waals surface area contributed by atoms with Crippen molar-refractivity contribution >= 4 is 22.7 Å². The second kappa shape index (κ2) is 6.96. The van der Waals surface area contributed by atoms with Gasteiger partial charge >= 0.3 is 0 Å². The number of amides is 1. The fourth-order valence-corrected chi connectivity index (χ4v) is 2.85. The third kappa shape index (κ3) is 3.40. The molecule has 0 spiro atoms. The van der Waals surface area contributed by atoms with E-state index in [0.717, 1.165) is 11.1 Å². The number of aromatic nitrogens is 1. The first-order chi connectivity index (χ1) is 13.1. The maximum atomic E-state index is 12.4.